The van der Waals surface area contributed by atoms with Crippen molar-refractivity contribution in [3.8, 4) is 0 Å². The second-order valence-corrected chi connectivity index (χ2v) is 6.99. The average molecular weight is 312 g/mol. The van der Waals surface area contributed by atoms with Crippen LogP contribution in [0.2, 0.25) is 0 Å². The van der Waals surface area contributed by atoms with Gasteiger partial charge in [-0.05, 0) is 44.4 Å². The second-order valence-electron chi connectivity index (χ2n) is 5.42. The number of hydrogen-bond acceptors (Lipinski definition) is 4. The molecule has 0 amide bonds. The molecule has 1 aliphatic heterocycles. The summed E-state index contributed by atoms with van der Waals surface area (Å²) < 4.78 is 22.8. The zero-order valence-corrected chi connectivity index (χ0v) is 12.9. The quantitative estimate of drug-likeness (QED) is 0.883. The number of nitrogens with zero attached hydrogens (tertiary/aromatic N) is 1. The van der Waals surface area contributed by atoms with Crippen LogP contribution in [0, 0.1) is 0 Å². The minimum absolute atomic E-state index is 0.0197. The first-order valence-electron chi connectivity index (χ1n) is 6.94. The molecule has 2 unspecified atom stereocenters. The molecule has 1 aliphatic rings. The van der Waals surface area contributed by atoms with Gasteiger partial charge < -0.3 is 10.0 Å². The molecule has 6 nitrogen and oxygen atoms in total. The summed E-state index contributed by atoms with van der Waals surface area (Å²) in [5.74, 6) is -1.15. The maximum Gasteiger partial charge on any atom is 0.337 e. The molecule has 1 aromatic carbocycles. The van der Waals surface area contributed by atoms with E-state index in [2.05, 4.69) is 18.7 Å². The van der Waals surface area contributed by atoms with E-state index in [0.717, 1.165) is 25.3 Å². The van der Waals surface area contributed by atoms with Crippen molar-refractivity contribution in [3.05, 3.63) is 23.8 Å². The summed E-state index contributed by atoms with van der Waals surface area (Å²) in [7, 11) is -3.91. The van der Waals surface area contributed by atoms with Crippen LogP contribution in [0.5, 0.6) is 0 Å². The summed E-state index contributed by atoms with van der Waals surface area (Å²) in [4.78, 5) is 13.4. The fraction of sp³-hybridized carbons (Fsp3) is 0.500. The third-order valence-electron chi connectivity index (χ3n) is 4.06. The standard InChI is InChI=1S/C14H20N2O4S/c1-3-10-5-4-9(2)16(10)13-7-6-11(21(15,19)20)8-12(13)14(17)18/h6-10H,3-5H2,1-2H3,(H,17,18)(H2,15,19,20). The lowest BCUT2D eigenvalue weighted by molar-refractivity contribution is 0.0697. The number of rotatable bonds is 4. The van der Waals surface area contributed by atoms with E-state index in [9.17, 15) is 18.3 Å². The van der Waals surface area contributed by atoms with Crippen LogP contribution in [-0.2, 0) is 10.0 Å². The van der Waals surface area contributed by atoms with Crippen LogP contribution >= 0.6 is 0 Å². The molecule has 0 bridgehead atoms. The Labute approximate surface area is 124 Å². The number of carbonyl (C=O) groups is 1. The molecule has 21 heavy (non-hydrogen) atoms. The minimum atomic E-state index is -3.91. The molecule has 1 saturated heterocycles. The number of aromatic carboxylic acids is 1. The molecule has 1 aromatic rings. The summed E-state index contributed by atoms with van der Waals surface area (Å²) in [6.45, 7) is 4.11. The average Bonchev–Trinajstić information content (AvgIpc) is 2.77. The Morgan fingerprint density at radius 3 is 2.62 bits per heavy atom. The van der Waals surface area contributed by atoms with E-state index < -0.39 is 16.0 Å². The van der Waals surface area contributed by atoms with Gasteiger partial charge in [-0.1, -0.05) is 6.92 Å². The highest BCUT2D eigenvalue weighted by molar-refractivity contribution is 7.89. The van der Waals surface area contributed by atoms with Crippen molar-refractivity contribution in [3.63, 3.8) is 0 Å². The Morgan fingerprint density at radius 2 is 2.10 bits per heavy atom. The Balaban J connectivity index is 2.56. The molecule has 0 spiro atoms. The van der Waals surface area contributed by atoms with E-state index in [1.807, 2.05) is 0 Å². The van der Waals surface area contributed by atoms with Gasteiger partial charge in [0.25, 0.3) is 0 Å². The molecule has 2 rings (SSSR count). The fourth-order valence-corrected chi connectivity index (χ4v) is 3.54. The Bertz CT molecular complexity index is 657. The predicted octanol–water partition coefficient (Wildman–Crippen LogP) is 1.80. The van der Waals surface area contributed by atoms with Crippen molar-refractivity contribution >= 4 is 21.7 Å². The van der Waals surface area contributed by atoms with Gasteiger partial charge in [-0.25, -0.2) is 18.4 Å². The van der Waals surface area contributed by atoms with Gasteiger partial charge in [-0.3, -0.25) is 0 Å². The van der Waals surface area contributed by atoms with E-state index in [4.69, 9.17) is 5.14 Å². The Morgan fingerprint density at radius 1 is 1.43 bits per heavy atom. The maximum atomic E-state index is 11.5. The van der Waals surface area contributed by atoms with Crippen LogP contribution in [0.15, 0.2) is 23.1 Å². The van der Waals surface area contributed by atoms with E-state index in [1.54, 1.807) is 6.07 Å². The van der Waals surface area contributed by atoms with Crippen LogP contribution in [0.4, 0.5) is 5.69 Å². The SMILES string of the molecule is CCC1CCC(C)N1c1ccc(S(N)(=O)=O)cc1C(=O)O. The van der Waals surface area contributed by atoms with Crippen molar-refractivity contribution < 1.29 is 18.3 Å². The molecule has 0 aliphatic carbocycles. The normalized spacial score (nSPS) is 22.5. The van der Waals surface area contributed by atoms with Crippen molar-refractivity contribution in [2.24, 2.45) is 5.14 Å². The lowest BCUT2D eigenvalue weighted by atomic mass is 10.1. The number of nitrogens with two attached hydrogens (primary N) is 1. The smallest absolute Gasteiger partial charge is 0.337 e. The highest BCUT2D eigenvalue weighted by Gasteiger charge is 2.32. The van der Waals surface area contributed by atoms with E-state index in [1.165, 1.54) is 6.07 Å². The number of primary sulfonamides is 1. The Hall–Kier alpha value is -1.60. The molecule has 7 heteroatoms. The lowest BCUT2D eigenvalue weighted by Gasteiger charge is -2.31. The molecule has 0 saturated carbocycles. The van der Waals surface area contributed by atoms with Gasteiger partial charge in [0, 0.05) is 12.1 Å². The molecule has 0 radical (unpaired) electrons. The molecule has 0 aromatic heterocycles. The molecule has 3 N–H and O–H groups in total. The van der Waals surface area contributed by atoms with Crippen LogP contribution in [0.3, 0.4) is 0 Å². The molecule has 116 valence electrons. The van der Waals surface area contributed by atoms with Crippen molar-refractivity contribution in [1.29, 1.82) is 0 Å². The van der Waals surface area contributed by atoms with Gasteiger partial charge in [0.05, 0.1) is 16.1 Å². The summed E-state index contributed by atoms with van der Waals surface area (Å²) in [5, 5.41) is 14.5. The number of carboxylic acids is 1. The lowest BCUT2D eigenvalue weighted by Crippen LogP contribution is -2.35. The highest BCUT2D eigenvalue weighted by Crippen LogP contribution is 2.35. The largest absolute Gasteiger partial charge is 0.478 e. The van der Waals surface area contributed by atoms with E-state index >= 15 is 0 Å². The monoisotopic (exact) mass is 312 g/mol. The molecule has 1 fully saturated rings. The van der Waals surface area contributed by atoms with Gasteiger partial charge in [0.1, 0.15) is 0 Å². The van der Waals surface area contributed by atoms with Gasteiger partial charge in [0.15, 0.2) is 0 Å². The van der Waals surface area contributed by atoms with Crippen LogP contribution in [-0.4, -0.2) is 31.6 Å². The first kappa shape index (κ1) is 15.8. The summed E-state index contributed by atoms with van der Waals surface area (Å²) >= 11 is 0. The molecule has 1 heterocycles. The number of benzene rings is 1. The summed E-state index contributed by atoms with van der Waals surface area (Å²) in [6.07, 6.45) is 2.92. The summed E-state index contributed by atoms with van der Waals surface area (Å²) in [6, 6.07) is 4.57. The highest BCUT2D eigenvalue weighted by atomic mass is 32.2. The second kappa shape index (κ2) is 5.65. The fourth-order valence-electron chi connectivity index (χ4n) is 3.00. The first-order valence-corrected chi connectivity index (χ1v) is 8.48. The Kier molecular flexibility index (Phi) is 4.25. The topological polar surface area (TPSA) is 101 Å². The number of sulfonamides is 1. The van der Waals surface area contributed by atoms with Gasteiger partial charge in [0.2, 0.25) is 10.0 Å². The van der Waals surface area contributed by atoms with Crippen LogP contribution in [0.25, 0.3) is 0 Å². The zero-order valence-electron chi connectivity index (χ0n) is 12.1. The van der Waals surface area contributed by atoms with Crippen LogP contribution < -0.4 is 10.0 Å². The minimum Gasteiger partial charge on any atom is -0.478 e. The van der Waals surface area contributed by atoms with Crippen molar-refractivity contribution in [2.75, 3.05) is 4.90 Å². The number of carboxylic acid groups (broad SMARTS) is 1. The molecule has 2 atom stereocenters. The third kappa shape index (κ3) is 3.03. The maximum absolute atomic E-state index is 11.5. The number of hydrogen-bond donors (Lipinski definition) is 2. The van der Waals surface area contributed by atoms with Gasteiger partial charge in [-0.15, -0.1) is 0 Å². The molecular weight excluding hydrogens is 292 g/mol. The van der Waals surface area contributed by atoms with E-state index in [0.29, 0.717) is 5.69 Å². The van der Waals surface area contributed by atoms with E-state index in [-0.39, 0.29) is 22.5 Å². The number of anilines is 1. The third-order valence-corrected chi connectivity index (χ3v) is 4.97. The van der Waals surface area contributed by atoms with Crippen molar-refractivity contribution in [1.82, 2.24) is 0 Å². The van der Waals surface area contributed by atoms with Gasteiger partial charge >= 0.3 is 5.97 Å². The predicted molar refractivity (Wildman–Crippen MR) is 80.0 cm³/mol. The first-order chi connectivity index (χ1) is 9.75. The van der Waals surface area contributed by atoms with Gasteiger partial charge in [-0.2, -0.15) is 0 Å². The zero-order chi connectivity index (χ0) is 15.8. The molecular formula is C14H20N2O4S. The van der Waals surface area contributed by atoms with Crippen LogP contribution in [0.1, 0.15) is 43.5 Å². The summed E-state index contributed by atoms with van der Waals surface area (Å²) in [5.41, 5.74) is 0.542. The van der Waals surface area contributed by atoms with Crippen molar-refractivity contribution in [2.45, 2.75) is 50.1 Å².